The molecule has 4 N–H and O–H groups in total. The Kier molecular flexibility index (Phi) is 7.87. The maximum atomic E-state index is 9.61. The normalized spacial score (nSPS) is 10.1. The van der Waals surface area contributed by atoms with Gasteiger partial charge in [0.15, 0.2) is 0 Å². The van der Waals surface area contributed by atoms with Crippen molar-refractivity contribution in [1.82, 2.24) is 10.6 Å². The molecule has 2 aromatic rings. The molecule has 0 aromatic heterocycles. The summed E-state index contributed by atoms with van der Waals surface area (Å²) in [6.07, 6.45) is 0. The predicted molar refractivity (Wildman–Crippen MR) is 79.6 cm³/mol. The van der Waals surface area contributed by atoms with Gasteiger partial charge in [-0.05, 0) is 12.1 Å². The number of aromatic hydroxyl groups is 2. The minimum absolute atomic E-state index is 0. The second-order valence-electron chi connectivity index (χ2n) is 4.61. The molecule has 0 fully saturated rings. The molecular weight excluding hydrogens is 308 g/mol. The van der Waals surface area contributed by atoms with Crippen LogP contribution in [-0.4, -0.2) is 23.3 Å². The minimum Gasteiger partial charge on any atom is -0.508 e. The molecule has 2 rings (SSSR count). The van der Waals surface area contributed by atoms with E-state index in [1.165, 1.54) is 0 Å². The van der Waals surface area contributed by atoms with Gasteiger partial charge in [-0.15, -0.1) is 0 Å². The topological polar surface area (TPSA) is 64.5 Å². The number of benzene rings is 2. The molecule has 0 bridgehead atoms. The fourth-order valence-electron chi connectivity index (χ4n) is 1.94. The SMILES string of the molecule is Oc1ccccc1CNCCNCc1ccccc1O.[Fe+2]. The standard InChI is InChI=1S/C16H20N2O2.Fe/c19-15-7-3-1-5-13(15)11-17-9-10-18-12-14-6-2-4-8-16(14)20;/h1-8,17-20H,9-12H2;/q;+2. The van der Waals surface area contributed by atoms with Crippen LogP contribution in [0.15, 0.2) is 48.5 Å². The van der Waals surface area contributed by atoms with E-state index >= 15 is 0 Å². The zero-order chi connectivity index (χ0) is 14.2. The van der Waals surface area contributed by atoms with Gasteiger partial charge in [0.25, 0.3) is 0 Å². The second-order valence-corrected chi connectivity index (χ2v) is 4.61. The smallest absolute Gasteiger partial charge is 0.508 e. The molecule has 0 atom stereocenters. The summed E-state index contributed by atoms with van der Waals surface area (Å²) in [6.45, 7) is 2.87. The van der Waals surface area contributed by atoms with E-state index in [0.29, 0.717) is 24.6 Å². The molecule has 0 spiro atoms. The Balaban J connectivity index is 0.00000220. The van der Waals surface area contributed by atoms with E-state index in [1.807, 2.05) is 36.4 Å². The van der Waals surface area contributed by atoms with Gasteiger partial charge in [0.05, 0.1) is 0 Å². The number of rotatable bonds is 7. The summed E-state index contributed by atoms with van der Waals surface area (Å²) in [5.74, 6) is 0.643. The average Bonchev–Trinajstić information content (AvgIpc) is 2.46. The van der Waals surface area contributed by atoms with Crippen LogP contribution in [0, 0.1) is 0 Å². The Bertz CT molecular complexity index is 500. The third-order valence-electron chi connectivity index (χ3n) is 3.09. The zero-order valence-electron chi connectivity index (χ0n) is 11.7. The van der Waals surface area contributed by atoms with Gasteiger partial charge in [-0.1, -0.05) is 36.4 Å². The molecule has 0 aliphatic heterocycles. The number of hydrogen-bond donors (Lipinski definition) is 4. The summed E-state index contributed by atoms with van der Waals surface area (Å²) >= 11 is 0. The molecular formula is C16H20FeN2O2+2. The van der Waals surface area contributed by atoms with Crippen LogP contribution in [0.4, 0.5) is 0 Å². The Morgan fingerprint density at radius 3 is 1.43 bits per heavy atom. The third kappa shape index (κ3) is 5.77. The molecule has 21 heavy (non-hydrogen) atoms. The molecule has 0 radical (unpaired) electrons. The minimum atomic E-state index is 0. The molecule has 0 saturated carbocycles. The molecule has 0 saturated heterocycles. The zero-order valence-corrected chi connectivity index (χ0v) is 12.8. The predicted octanol–water partition coefficient (Wildman–Crippen LogP) is 1.97. The van der Waals surface area contributed by atoms with Crippen molar-refractivity contribution < 1.29 is 27.3 Å². The summed E-state index contributed by atoms with van der Waals surface area (Å²) in [5, 5.41) is 25.7. The number of nitrogens with one attached hydrogen (secondary N) is 2. The van der Waals surface area contributed by atoms with Gasteiger partial charge in [-0.2, -0.15) is 0 Å². The molecule has 0 unspecified atom stereocenters. The van der Waals surface area contributed by atoms with Gasteiger partial charge in [0, 0.05) is 37.3 Å². The van der Waals surface area contributed by atoms with Crippen LogP contribution >= 0.6 is 0 Å². The monoisotopic (exact) mass is 328 g/mol. The van der Waals surface area contributed by atoms with Crippen molar-refractivity contribution in [1.29, 1.82) is 0 Å². The first-order chi connectivity index (χ1) is 9.77. The van der Waals surface area contributed by atoms with E-state index in [2.05, 4.69) is 10.6 Å². The number of phenolic OH excluding ortho intramolecular Hbond substituents is 2. The van der Waals surface area contributed by atoms with Crippen molar-refractivity contribution in [2.24, 2.45) is 0 Å². The van der Waals surface area contributed by atoms with Crippen molar-refractivity contribution in [3.63, 3.8) is 0 Å². The fraction of sp³-hybridized carbons (Fsp3) is 0.250. The van der Waals surface area contributed by atoms with Crippen molar-refractivity contribution in [2.75, 3.05) is 13.1 Å². The molecule has 2 aromatic carbocycles. The van der Waals surface area contributed by atoms with Gasteiger partial charge in [0.1, 0.15) is 11.5 Å². The Morgan fingerprint density at radius 2 is 1.05 bits per heavy atom. The molecule has 4 nitrogen and oxygen atoms in total. The molecule has 0 aliphatic carbocycles. The van der Waals surface area contributed by atoms with Crippen LogP contribution in [0.2, 0.25) is 0 Å². The summed E-state index contributed by atoms with van der Waals surface area (Å²) in [4.78, 5) is 0. The Hall–Kier alpha value is -1.52. The van der Waals surface area contributed by atoms with Crippen LogP contribution in [-0.2, 0) is 30.2 Å². The molecule has 0 aliphatic rings. The van der Waals surface area contributed by atoms with Crippen molar-refractivity contribution in [3.8, 4) is 11.5 Å². The first-order valence-electron chi connectivity index (χ1n) is 6.72. The first kappa shape index (κ1) is 17.5. The molecule has 112 valence electrons. The maximum absolute atomic E-state index is 9.61. The van der Waals surface area contributed by atoms with Crippen LogP contribution in [0.25, 0.3) is 0 Å². The fourth-order valence-corrected chi connectivity index (χ4v) is 1.94. The van der Waals surface area contributed by atoms with Gasteiger partial charge < -0.3 is 20.8 Å². The maximum Gasteiger partial charge on any atom is 2.00 e. The summed E-state index contributed by atoms with van der Waals surface area (Å²) < 4.78 is 0. The first-order valence-corrected chi connectivity index (χ1v) is 6.72. The number of para-hydroxylation sites is 2. The number of phenols is 2. The molecule has 5 heteroatoms. The Morgan fingerprint density at radius 1 is 0.667 bits per heavy atom. The van der Waals surface area contributed by atoms with Gasteiger partial charge >= 0.3 is 17.1 Å². The van der Waals surface area contributed by atoms with Crippen LogP contribution in [0.1, 0.15) is 11.1 Å². The van der Waals surface area contributed by atoms with E-state index in [-0.39, 0.29) is 17.1 Å². The summed E-state index contributed by atoms with van der Waals surface area (Å²) in [5.41, 5.74) is 1.79. The largest absolute Gasteiger partial charge is 2.00 e. The van der Waals surface area contributed by atoms with Gasteiger partial charge in [-0.3, -0.25) is 0 Å². The van der Waals surface area contributed by atoms with E-state index in [0.717, 1.165) is 24.2 Å². The summed E-state index contributed by atoms with van der Waals surface area (Å²) in [7, 11) is 0. The second kappa shape index (κ2) is 9.42. The van der Waals surface area contributed by atoms with Crippen LogP contribution < -0.4 is 10.6 Å². The van der Waals surface area contributed by atoms with Crippen molar-refractivity contribution in [2.45, 2.75) is 13.1 Å². The van der Waals surface area contributed by atoms with Gasteiger partial charge in [0.2, 0.25) is 0 Å². The van der Waals surface area contributed by atoms with E-state index in [1.54, 1.807) is 12.1 Å². The van der Waals surface area contributed by atoms with Crippen LogP contribution in [0.5, 0.6) is 11.5 Å². The molecule has 0 amide bonds. The number of hydrogen-bond acceptors (Lipinski definition) is 4. The quantitative estimate of drug-likeness (QED) is 0.464. The van der Waals surface area contributed by atoms with Crippen LogP contribution in [0.3, 0.4) is 0 Å². The average molecular weight is 328 g/mol. The van der Waals surface area contributed by atoms with E-state index < -0.39 is 0 Å². The third-order valence-corrected chi connectivity index (χ3v) is 3.09. The Labute approximate surface area is 135 Å². The van der Waals surface area contributed by atoms with E-state index in [4.69, 9.17) is 0 Å². The van der Waals surface area contributed by atoms with Crippen molar-refractivity contribution in [3.05, 3.63) is 59.7 Å². The molecule has 0 heterocycles. The van der Waals surface area contributed by atoms with Crippen molar-refractivity contribution >= 4 is 0 Å². The van der Waals surface area contributed by atoms with E-state index in [9.17, 15) is 10.2 Å². The summed E-state index contributed by atoms with van der Waals surface area (Å²) in [6, 6.07) is 14.6. The van der Waals surface area contributed by atoms with Gasteiger partial charge in [-0.25, -0.2) is 0 Å².